The van der Waals surface area contributed by atoms with Crippen LogP contribution in [0.4, 0.5) is 14.5 Å². The van der Waals surface area contributed by atoms with E-state index in [9.17, 15) is 18.9 Å². The zero-order valence-electron chi connectivity index (χ0n) is 6.21. The Kier molecular flexibility index (Phi) is 3.12. The molecule has 0 amide bonds. The molecule has 0 saturated carbocycles. The van der Waals surface area contributed by atoms with Crippen molar-refractivity contribution in [2.24, 2.45) is 0 Å². The Hall–Kier alpha value is -0.790. The highest BCUT2D eigenvalue weighted by molar-refractivity contribution is 14.1. The van der Waals surface area contributed by atoms with Crippen molar-refractivity contribution < 1.29 is 13.7 Å². The van der Waals surface area contributed by atoms with Gasteiger partial charge >= 0.3 is 0 Å². The average molecular weight is 299 g/mol. The maximum absolute atomic E-state index is 12.2. The van der Waals surface area contributed by atoms with Crippen LogP contribution in [-0.4, -0.2) is 4.92 Å². The van der Waals surface area contributed by atoms with Gasteiger partial charge in [-0.15, -0.1) is 0 Å². The maximum Gasteiger partial charge on any atom is 0.279 e. The molecule has 0 bridgehead atoms. The summed E-state index contributed by atoms with van der Waals surface area (Å²) in [6, 6.07) is 3.61. The summed E-state index contributed by atoms with van der Waals surface area (Å²) < 4.78 is 25.0. The first kappa shape index (κ1) is 10.3. The maximum atomic E-state index is 12.2. The van der Waals surface area contributed by atoms with E-state index in [4.69, 9.17) is 0 Å². The van der Waals surface area contributed by atoms with Gasteiger partial charge in [0.1, 0.15) is 0 Å². The number of alkyl halides is 2. The molecule has 0 heterocycles. The van der Waals surface area contributed by atoms with Crippen LogP contribution in [0.1, 0.15) is 12.0 Å². The standard InChI is InChI=1S/C7H4F2INO2/c8-7(9)5-2-1-4(10)3-6(5)11(12)13/h1-3,7H. The van der Waals surface area contributed by atoms with Crippen LogP contribution in [0.3, 0.4) is 0 Å². The number of benzene rings is 1. The smallest absolute Gasteiger partial charge is 0.258 e. The lowest BCUT2D eigenvalue weighted by molar-refractivity contribution is -0.386. The molecule has 3 nitrogen and oxygen atoms in total. The van der Waals surface area contributed by atoms with E-state index < -0.39 is 22.6 Å². The van der Waals surface area contributed by atoms with Crippen molar-refractivity contribution in [2.45, 2.75) is 6.43 Å². The summed E-state index contributed by atoms with van der Waals surface area (Å²) in [7, 11) is 0. The van der Waals surface area contributed by atoms with E-state index in [2.05, 4.69) is 0 Å². The van der Waals surface area contributed by atoms with E-state index in [0.717, 1.165) is 12.1 Å². The second-order valence-corrected chi connectivity index (χ2v) is 3.51. The molecule has 0 atom stereocenters. The molecule has 13 heavy (non-hydrogen) atoms. The molecule has 0 N–H and O–H groups in total. The van der Waals surface area contributed by atoms with E-state index in [0.29, 0.717) is 3.57 Å². The molecule has 0 fully saturated rings. The Labute approximate surface area is 86.0 Å². The van der Waals surface area contributed by atoms with Crippen LogP contribution in [0.25, 0.3) is 0 Å². The van der Waals surface area contributed by atoms with Crippen molar-refractivity contribution >= 4 is 28.3 Å². The lowest BCUT2D eigenvalue weighted by Gasteiger charge is -2.00. The van der Waals surface area contributed by atoms with Crippen LogP contribution in [0.2, 0.25) is 0 Å². The molecule has 0 saturated heterocycles. The van der Waals surface area contributed by atoms with Crippen molar-refractivity contribution in [3.8, 4) is 0 Å². The molecule has 0 radical (unpaired) electrons. The third-order valence-corrected chi connectivity index (χ3v) is 2.10. The zero-order chi connectivity index (χ0) is 10.0. The van der Waals surface area contributed by atoms with E-state index >= 15 is 0 Å². The SMILES string of the molecule is O=[N+]([O-])c1cc(I)ccc1C(F)F. The van der Waals surface area contributed by atoms with Gasteiger partial charge in [0.05, 0.1) is 10.5 Å². The zero-order valence-corrected chi connectivity index (χ0v) is 8.36. The van der Waals surface area contributed by atoms with Crippen LogP contribution in [0.15, 0.2) is 18.2 Å². The fourth-order valence-electron chi connectivity index (χ4n) is 0.859. The highest BCUT2D eigenvalue weighted by Crippen LogP contribution is 2.29. The molecule has 0 aromatic heterocycles. The largest absolute Gasteiger partial charge is 0.279 e. The minimum atomic E-state index is -2.81. The van der Waals surface area contributed by atoms with Crippen molar-refractivity contribution in [3.63, 3.8) is 0 Å². The number of hydrogen-bond donors (Lipinski definition) is 0. The van der Waals surface area contributed by atoms with Crippen molar-refractivity contribution in [1.82, 2.24) is 0 Å². The van der Waals surface area contributed by atoms with Crippen molar-refractivity contribution in [3.05, 3.63) is 37.4 Å². The third-order valence-electron chi connectivity index (χ3n) is 1.42. The number of halogens is 3. The van der Waals surface area contributed by atoms with Crippen molar-refractivity contribution in [2.75, 3.05) is 0 Å². The number of nitro groups is 1. The second kappa shape index (κ2) is 3.95. The number of rotatable bonds is 2. The van der Waals surface area contributed by atoms with Gasteiger partial charge in [-0.25, -0.2) is 8.78 Å². The van der Waals surface area contributed by atoms with Gasteiger partial charge < -0.3 is 0 Å². The van der Waals surface area contributed by atoms with Gasteiger partial charge in [-0.05, 0) is 34.7 Å². The molecule has 0 aliphatic heterocycles. The predicted octanol–water partition coefficient (Wildman–Crippen LogP) is 3.14. The third kappa shape index (κ3) is 2.33. The first-order valence-electron chi connectivity index (χ1n) is 3.24. The summed E-state index contributed by atoms with van der Waals surface area (Å²) in [6.07, 6.45) is -2.81. The van der Waals surface area contributed by atoms with Crippen LogP contribution in [0.5, 0.6) is 0 Å². The number of nitrogens with zero attached hydrogens (tertiary/aromatic N) is 1. The first-order chi connectivity index (χ1) is 6.02. The molecule has 0 unspecified atom stereocenters. The number of hydrogen-bond acceptors (Lipinski definition) is 2. The lowest BCUT2D eigenvalue weighted by atomic mass is 10.2. The topological polar surface area (TPSA) is 43.1 Å². The predicted molar refractivity (Wildman–Crippen MR) is 50.8 cm³/mol. The lowest BCUT2D eigenvalue weighted by Crippen LogP contribution is -1.96. The normalized spacial score (nSPS) is 10.5. The summed E-state index contributed by atoms with van der Waals surface area (Å²) in [4.78, 5) is 9.55. The highest BCUT2D eigenvalue weighted by atomic mass is 127. The fraction of sp³-hybridized carbons (Fsp3) is 0.143. The first-order valence-corrected chi connectivity index (χ1v) is 4.32. The molecular weight excluding hydrogens is 295 g/mol. The van der Waals surface area contributed by atoms with E-state index in [-0.39, 0.29) is 0 Å². The summed E-state index contributed by atoms with van der Waals surface area (Å²) in [5.41, 5.74) is -1.06. The summed E-state index contributed by atoms with van der Waals surface area (Å²) in [5, 5.41) is 10.3. The molecule has 6 heteroatoms. The van der Waals surface area contributed by atoms with Gasteiger partial charge in [0.2, 0.25) is 0 Å². The molecule has 0 aliphatic carbocycles. The van der Waals surface area contributed by atoms with Gasteiger partial charge in [-0.2, -0.15) is 0 Å². The molecular formula is C7H4F2INO2. The van der Waals surface area contributed by atoms with Crippen LogP contribution >= 0.6 is 22.6 Å². The summed E-state index contributed by atoms with van der Waals surface area (Å²) in [6.45, 7) is 0. The van der Waals surface area contributed by atoms with E-state index in [1.165, 1.54) is 6.07 Å². The Morgan fingerprint density at radius 1 is 1.46 bits per heavy atom. The molecule has 1 rings (SSSR count). The van der Waals surface area contributed by atoms with E-state index in [1.54, 1.807) is 0 Å². The van der Waals surface area contributed by atoms with Crippen LogP contribution < -0.4 is 0 Å². The van der Waals surface area contributed by atoms with Gasteiger partial charge in [0.25, 0.3) is 12.1 Å². The van der Waals surface area contributed by atoms with E-state index in [1.807, 2.05) is 22.6 Å². The Bertz CT molecular complexity index is 343. The highest BCUT2D eigenvalue weighted by Gasteiger charge is 2.21. The van der Waals surface area contributed by atoms with Gasteiger partial charge in [0, 0.05) is 9.64 Å². The summed E-state index contributed by atoms with van der Waals surface area (Å²) >= 11 is 1.83. The Morgan fingerprint density at radius 3 is 2.54 bits per heavy atom. The Morgan fingerprint density at radius 2 is 2.08 bits per heavy atom. The van der Waals surface area contributed by atoms with Crippen LogP contribution in [-0.2, 0) is 0 Å². The average Bonchev–Trinajstić information content (AvgIpc) is 2.03. The number of nitro benzene ring substituents is 1. The van der Waals surface area contributed by atoms with Crippen molar-refractivity contribution in [1.29, 1.82) is 0 Å². The second-order valence-electron chi connectivity index (χ2n) is 2.26. The van der Waals surface area contributed by atoms with Gasteiger partial charge in [-0.1, -0.05) is 0 Å². The molecule has 0 spiro atoms. The fourth-order valence-corrected chi connectivity index (χ4v) is 1.33. The minimum absolute atomic E-state index is 0.526. The van der Waals surface area contributed by atoms with Crippen LogP contribution in [0, 0.1) is 13.7 Å². The molecule has 70 valence electrons. The van der Waals surface area contributed by atoms with Gasteiger partial charge in [-0.3, -0.25) is 10.1 Å². The Balaban J connectivity index is 3.27. The molecule has 1 aromatic rings. The molecule has 0 aliphatic rings. The van der Waals surface area contributed by atoms with Gasteiger partial charge in [0.15, 0.2) is 0 Å². The monoisotopic (exact) mass is 299 g/mol. The minimum Gasteiger partial charge on any atom is -0.258 e. The summed E-state index contributed by atoms with van der Waals surface area (Å²) in [5.74, 6) is 0. The quantitative estimate of drug-likeness (QED) is 0.478. The molecule has 1 aromatic carbocycles.